The molecule has 2 saturated carbocycles. The van der Waals surface area contributed by atoms with E-state index in [-0.39, 0.29) is 0 Å². The molecule has 0 unspecified atom stereocenters. The average molecular weight is 460 g/mol. The van der Waals surface area contributed by atoms with E-state index in [0.717, 1.165) is 34.8 Å². The van der Waals surface area contributed by atoms with Gasteiger partial charge in [0, 0.05) is 28.7 Å². The predicted molar refractivity (Wildman–Crippen MR) is 150 cm³/mol. The quantitative estimate of drug-likeness (QED) is 0.212. The second-order valence-electron chi connectivity index (χ2n) is 11.1. The van der Waals surface area contributed by atoms with Crippen LogP contribution in [0.2, 0.25) is 18.0 Å². The molecule has 0 radical (unpaired) electrons. The minimum absolute atomic E-state index is 0.913. The van der Waals surface area contributed by atoms with Gasteiger partial charge in [-0.2, -0.15) is 0 Å². The monoisotopic (exact) mass is 460 g/mol. The van der Waals surface area contributed by atoms with Crippen molar-refractivity contribution < 1.29 is 0 Å². The van der Waals surface area contributed by atoms with Gasteiger partial charge in [-0.05, 0) is 29.7 Å². The molecule has 0 amide bonds. The van der Waals surface area contributed by atoms with Crippen LogP contribution in [0.25, 0.3) is 32.9 Å². The third-order valence-corrected chi connectivity index (χ3v) is 9.01. The van der Waals surface area contributed by atoms with Crippen LogP contribution in [-0.4, -0.2) is 16.7 Å². The normalized spacial score (nSPS) is 17.7. The standard InChI is InChI=1S/C32H37BN2/c1-3-12-28(13-4-1)33(29-14-5-2-6-15-29)20-19-24-10-7-8-16-30(24)27-22-26-18-17-25-11-9-21-34-31(25)32(26)35-23-27/h7-11,16-18,21-23,28-29H,1-6,12-15,19-20H2. The number of rotatable bonds is 6. The number of aromatic nitrogens is 2. The van der Waals surface area contributed by atoms with Crippen molar-refractivity contribution in [1.82, 2.24) is 9.97 Å². The molecular formula is C32H37BN2. The first-order valence-corrected chi connectivity index (χ1v) is 14.1. The largest absolute Gasteiger partial charge is 0.254 e. The highest BCUT2D eigenvalue weighted by atomic mass is 14.7. The van der Waals surface area contributed by atoms with Crippen LogP contribution < -0.4 is 0 Å². The Labute approximate surface area is 210 Å². The van der Waals surface area contributed by atoms with E-state index in [0.29, 0.717) is 0 Å². The summed E-state index contributed by atoms with van der Waals surface area (Å²) in [5.74, 6) is 1.92. The van der Waals surface area contributed by atoms with Crippen molar-refractivity contribution in [3.63, 3.8) is 0 Å². The number of hydrogen-bond donors (Lipinski definition) is 0. The third-order valence-electron chi connectivity index (χ3n) is 9.01. The third kappa shape index (κ3) is 4.88. The van der Waals surface area contributed by atoms with Gasteiger partial charge in [-0.3, -0.25) is 9.97 Å². The number of fused-ring (bicyclic) bond motifs is 3. The molecule has 2 aromatic carbocycles. The molecule has 2 fully saturated rings. The Hall–Kier alpha value is -2.68. The summed E-state index contributed by atoms with van der Waals surface area (Å²) in [6.45, 7) is 0.913. The molecule has 0 spiro atoms. The summed E-state index contributed by atoms with van der Waals surface area (Å²) < 4.78 is 0. The fraction of sp³-hybridized carbons (Fsp3) is 0.438. The zero-order chi connectivity index (χ0) is 23.5. The van der Waals surface area contributed by atoms with E-state index in [4.69, 9.17) is 4.98 Å². The van der Waals surface area contributed by atoms with Crippen molar-refractivity contribution in [2.24, 2.45) is 0 Å². The molecule has 4 aromatic rings. The fourth-order valence-electron chi connectivity index (χ4n) is 7.21. The minimum Gasteiger partial charge on any atom is -0.254 e. The number of hydrogen-bond acceptors (Lipinski definition) is 2. The molecule has 0 bridgehead atoms. The van der Waals surface area contributed by atoms with Crippen LogP contribution in [0.15, 0.2) is 67.0 Å². The van der Waals surface area contributed by atoms with Crippen molar-refractivity contribution in [1.29, 1.82) is 0 Å². The lowest BCUT2D eigenvalue weighted by molar-refractivity contribution is 0.460. The Kier molecular flexibility index (Phi) is 6.84. The maximum absolute atomic E-state index is 4.91. The van der Waals surface area contributed by atoms with Crippen LogP contribution >= 0.6 is 0 Å². The Morgan fingerprint density at radius 3 is 2.14 bits per heavy atom. The molecule has 35 heavy (non-hydrogen) atoms. The Bertz CT molecular complexity index is 1270. The maximum atomic E-state index is 4.91. The summed E-state index contributed by atoms with van der Waals surface area (Å²) in [5, 5.41) is 2.32. The summed E-state index contributed by atoms with van der Waals surface area (Å²) in [5.41, 5.74) is 6.07. The van der Waals surface area contributed by atoms with Gasteiger partial charge in [0.1, 0.15) is 6.71 Å². The summed E-state index contributed by atoms with van der Waals surface area (Å²) in [6.07, 6.45) is 21.1. The molecule has 0 N–H and O–H groups in total. The SMILES string of the molecule is c1ccc(-c2cnc3c(ccc4cccnc43)c2)c(CCB(C2CCCCC2)C2CCCCC2)c1. The highest BCUT2D eigenvalue weighted by Crippen LogP contribution is 2.43. The number of nitrogens with zero attached hydrogens (tertiary/aromatic N) is 2. The van der Waals surface area contributed by atoms with E-state index < -0.39 is 0 Å². The summed E-state index contributed by atoms with van der Waals surface area (Å²) in [7, 11) is 0. The highest BCUT2D eigenvalue weighted by molar-refractivity contribution is 6.62. The van der Waals surface area contributed by atoms with Gasteiger partial charge in [0.2, 0.25) is 0 Å². The second kappa shape index (κ2) is 10.5. The van der Waals surface area contributed by atoms with E-state index in [9.17, 15) is 0 Å². The molecule has 6 rings (SSSR count). The van der Waals surface area contributed by atoms with Gasteiger partial charge in [0.15, 0.2) is 0 Å². The van der Waals surface area contributed by atoms with E-state index in [1.165, 1.54) is 99.0 Å². The summed E-state index contributed by atoms with van der Waals surface area (Å²) in [6, 6.07) is 19.9. The van der Waals surface area contributed by atoms with Crippen LogP contribution in [0.3, 0.4) is 0 Å². The van der Waals surface area contributed by atoms with Crippen LogP contribution in [0.5, 0.6) is 0 Å². The Morgan fingerprint density at radius 2 is 1.37 bits per heavy atom. The van der Waals surface area contributed by atoms with Gasteiger partial charge in [-0.1, -0.05) is 125 Å². The van der Waals surface area contributed by atoms with Crippen molar-refractivity contribution in [2.75, 3.05) is 0 Å². The molecule has 0 saturated heterocycles. The minimum atomic E-state index is 0.913. The van der Waals surface area contributed by atoms with Gasteiger partial charge in [-0.15, -0.1) is 0 Å². The van der Waals surface area contributed by atoms with Gasteiger partial charge in [0.05, 0.1) is 11.0 Å². The number of aryl methyl sites for hydroxylation is 1. The van der Waals surface area contributed by atoms with Crippen LogP contribution in [0, 0.1) is 0 Å². The first-order chi connectivity index (χ1) is 17.4. The molecular weight excluding hydrogens is 423 g/mol. The molecule has 2 aliphatic rings. The van der Waals surface area contributed by atoms with Gasteiger partial charge in [-0.25, -0.2) is 0 Å². The second-order valence-corrected chi connectivity index (χ2v) is 11.1. The summed E-state index contributed by atoms with van der Waals surface area (Å²) in [4.78, 5) is 9.51. The Balaban J connectivity index is 1.28. The van der Waals surface area contributed by atoms with E-state index >= 15 is 0 Å². The first-order valence-electron chi connectivity index (χ1n) is 14.1. The average Bonchev–Trinajstić information content (AvgIpc) is 2.94. The maximum Gasteiger partial charge on any atom is 0.146 e. The molecule has 0 atom stereocenters. The lowest BCUT2D eigenvalue weighted by Crippen LogP contribution is -2.30. The van der Waals surface area contributed by atoms with Crippen LogP contribution in [-0.2, 0) is 6.42 Å². The molecule has 0 aliphatic heterocycles. The lowest BCUT2D eigenvalue weighted by Gasteiger charge is -2.36. The fourth-order valence-corrected chi connectivity index (χ4v) is 7.21. The molecule has 178 valence electrons. The molecule has 2 aliphatic carbocycles. The Morgan fingerprint density at radius 1 is 0.686 bits per heavy atom. The van der Waals surface area contributed by atoms with Gasteiger partial charge >= 0.3 is 0 Å². The molecule has 2 aromatic heterocycles. The lowest BCUT2D eigenvalue weighted by atomic mass is 9.28. The van der Waals surface area contributed by atoms with E-state index in [1.807, 2.05) is 12.3 Å². The first kappa shape index (κ1) is 22.8. The number of pyridine rings is 2. The zero-order valence-corrected chi connectivity index (χ0v) is 21.0. The smallest absolute Gasteiger partial charge is 0.146 e. The van der Waals surface area contributed by atoms with Crippen molar-refractivity contribution >= 4 is 28.5 Å². The van der Waals surface area contributed by atoms with E-state index in [2.05, 4.69) is 59.7 Å². The zero-order valence-electron chi connectivity index (χ0n) is 21.0. The van der Waals surface area contributed by atoms with Crippen LogP contribution in [0.4, 0.5) is 0 Å². The number of benzene rings is 2. The van der Waals surface area contributed by atoms with Crippen molar-refractivity contribution in [3.05, 3.63) is 72.6 Å². The topological polar surface area (TPSA) is 25.8 Å². The molecule has 2 heterocycles. The van der Waals surface area contributed by atoms with Crippen molar-refractivity contribution in [3.8, 4) is 11.1 Å². The van der Waals surface area contributed by atoms with Crippen LogP contribution in [0.1, 0.15) is 69.8 Å². The van der Waals surface area contributed by atoms with Crippen molar-refractivity contribution in [2.45, 2.75) is 88.6 Å². The van der Waals surface area contributed by atoms with Gasteiger partial charge < -0.3 is 0 Å². The summed E-state index contributed by atoms with van der Waals surface area (Å²) >= 11 is 0. The predicted octanol–water partition coefficient (Wildman–Crippen LogP) is 9.16. The van der Waals surface area contributed by atoms with E-state index in [1.54, 1.807) is 0 Å². The molecule has 2 nitrogen and oxygen atoms in total. The molecule has 3 heteroatoms. The highest BCUT2D eigenvalue weighted by Gasteiger charge is 2.34. The van der Waals surface area contributed by atoms with Gasteiger partial charge in [0.25, 0.3) is 0 Å².